The van der Waals surface area contributed by atoms with Gasteiger partial charge in [-0.15, -0.1) is 10.2 Å². The lowest BCUT2D eigenvalue weighted by Gasteiger charge is -2.31. The number of nitrogens with one attached hydrogen (secondary N) is 2. The summed E-state index contributed by atoms with van der Waals surface area (Å²) in [5, 5.41) is 14.4. The van der Waals surface area contributed by atoms with Crippen LogP contribution in [-0.2, 0) is 11.8 Å². The highest BCUT2D eigenvalue weighted by Gasteiger charge is 2.20. The molecule has 2 amide bonds. The number of hydrogen-bond donors (Lipinski definition) is 2. The number of carbonyl (C=O) groups is 2. The van der Waals surface area contributed by atoms with Crippen LogP contribution in [0.3, 0.4) is 0 Å². The van der Waals surface area contributed by atoms with E-state index < -0.39 is 0 Å². The number of hydrogen-bond acceptors (Lipinski definition) is 6. The molecule has 0 atom stereocenters. The first kappa shape index (κ1) is 23.0. The number of carbonyl (C=O) groups excluding carboxylic acids is 2. The Bertz CT molecular complexity index is 930. The minimum Gasteiger partial charge on any atom is -0.349 e. The van der Waals surface area contributed by atoms with E-state index in [1.165, 1.54) is 17.3 Å². The Hall–Kier alpha value is -2.65. The van der Waals surface area contributed by atoms with Gasteiger partial charge in [0.2, 0.25) is 5.91 Å². The summed E-state index contributed by atoms with van der Waals surface area (Å²) in [6.45, 7) is 7.16. The number of anilines is 1. The van der Waals surface area contributed by atoms with Crippen molar-refractivity contribution in [3.63, 3.8) is 0 Å². The standard InChI is InChI=1S/C22H30N6O2S/c1-16(2)7-10-28-11-8-18(9-12-28)25-21(30)17-5-4-6-19(13-17)24-20(29)14-31-22-26-23-15-27(22)3/h4-7,13,15,18H,8-12,14H2,1-3H3,(H,24,29)(H,25,30). The van der Waals surface area contributed by atoms with Crippen molar-refractivity contribution in [3.05, 3.63) is 47.8 Å². The predicted molar refractivity (Wildman–Crippen MR) is 123 cm³/mol. The van der Waals surface area contributed by atoms with E-state index in [-0.39, 0.29) is 23.6 Å². The maximum atomic E-state index is 12.7. The highest BCUT2D eigenvalue weighted by Crippen LogP contribution is 2.16. The van der Waals surface area contributed by atoms with E-state index in [0.717, 1.165) is 32.5 Å². The molecule has 0 aliphatic carbocycles. The molecule has 2 aromatic rings. The van der Waals surface area contributed by atoms with Crippen molar-refractivity contribution in [2.75, 3.05) is 30.7 Å². The van der Waals surface area contributed by atoms with Crippen molar-refractivity contribution in [1.29, 1.82) is 0 Å². The van der Waals surface area contributed by atoms with Crippen molar-refractivity contribution in [2.24, 2.45) is 7.05 Å². The number of nitrogens with zero attached hydrogens (tertiary/aromatic N) is 4. The molecule has 2 heterocycles. The molecule has 0 spiro atoms. The molecule has 1 aliphatic rings. The molecular weight excluding hydrogens is 412 g/mol. The Kier molecular flexibility index (Phi) is 8.25. The number of likely N-dealkylation sites (tertiary alicyclic amines) is 1. The summed E-state index contributed by atoms with van der Waals surface area (Å²) in [7, 11) is 1.83. The second-order valence-corrected chi connectivity index (χ2v) is 8.91. The zero-order valence-corrected chi connectivity index (χ0v) is 19.1. The lowest BCUT2D eigenvalue weighted by Crippen LogP contribution is -2.44. The molecule has 9 heteroatoms. The molecule has 1 saturated heterocycles. The Morgan fingerprint density at radius 1 is 1.26 bits per heavy atom. The van der Waals surface area contributed by atoms with Crippen LogP contribution >= 0.6 is 11.8 Å². The van der Waals surface area contributed by atoms with Crippen LogP contribution in [0.2, 0.25) is 0 Å². The van der Waals surface area contributed by atoms with Crippen molar-refractivity contribution in [1.82, 2.24) is 25.0 Å². The van der Waals surface area contributed by atoms with Gasteiger partial charge in [0.05, 0.1) is 5.75 Å². The fourth-order valence-corrected chi connectivity index (χ4v) is 4.00. The maximum Gasteiger partial charge on any atom is 0.251 e. The molecule has 166 valence electrons. The van der Waals surface area contributed by atoms with E-state index in [4.69, 9.17) is 0 Å². The van der Waals surface area contributed by atoms with Crippen LogP contribution in [0.25, 0.3) is 0 Å². The third-order valence-electron chi connectivity index (χ3n) is 5.09. The van der Waals surface area contributed by atoms with Gasteiger partial charge in [0.25, 0.3) is 5.91 Å². The van der Waals surface area contributed by atoms with Crippen LogP contribution in [0, 0.1) is 0 Å². The number of piperidine rings is 1. The molecule has 1 aliphatic heterocycles. The summed E-state index contributed by atoms with van der Waals surface area (Å²) in [5.74, 6) is -0.0459. The second kappa shape index (κ2) is 11.1. The Morgan fingerprint density at radius 3 is 2.71 bits per heavy atom. The van der Waals surface area contributed by atoms with E-state index in [0.29, 0.717) is 16.4 Å². The number of aromatic nitrogens is 3. The highest BCUT2D eigenvalue weighted by atomic mass is 32.2. The van der Waals surface area contributed by atoms with Crippen LogP contribution in [0.1, 0.15) is 37.0 Å². The van der Waals surface area contributed by atoms with Gasteiger partial charge in [-0.1, -0.05) is 29.5 Å². The molecule has 3 rings (SSSR count). The molecular formula is C22H30N6O2S. The lowest BCUT2D eigenvalue weighted by molar-refractivity contribution is -0.113. The summed E-state index contributed by atoms with van der Waals surface area (Å²) in [6.07, 6.45) is 5.72. The molecule has 0 saturated carbocycles. The quantitative estimate of drug-likeness (QED) is 0.482. The average Bonchev–Trinajstić information content (AvgIpc) is 3.16. The van der Waals surface area contributed by atoms with Crippen LogP contribution < -0.4 is 10.6 Å². The molecule has 1 aromatic heterocycles. The molecule has 1 fully saturated rings. The number of benzene rings is 1. The van der Waals surface area contributed by atoms with Gasteiger partial charge >= 0.3 is 0 Å². The number of rotatable bonds is 8. The van der Waals surface area contributed by atoms with E-state index in [1.54, 1.807) is 35.2 Å². The molecule has 31 heavy (non-hydrogen) atoms. The van der Waals surface area contributed by atoms with Crippen LogP contribution in [0.5, 0.6) is 0 Å². The fraction of sp³-hybridized carbons (Fsp3) is 0.455. The first-order valence-electron chi connectivity index (χ1n) is 10.4. The number of allylic oxidation sites excluding steroid dienone is 1. The smallest absolute Gasteiger partial charge is 0.251 e. The molecule has 8 nitrogen and oxygen atoms in total. The van der Waals surface area contributed by atoms with E-state index in [1.807, 2.05) is 7.05 Å². The molecule has 2 N–H and O–H groups in total. The third kappa shape index (κ3) is 7.22. The minimum atomic E-state index is -0.158. The zero-order chi connectivity index (χ0) is 22.2. The third-order valence-corrected chi connectivity index (χ3v) is 6.13. The summed E-state index contributed by atoms with van der Waals surface area (Å²) >= 11 is 1.31. The second-order valence-electron chi connectivity index (χ2n) is 7.97. The van der Waals surface area contributed by atoms with Gasteiger partial charge < -0.3 is 15.2 Å². The average molecular weight is 443 g/mol. The van der Waals surface area contributed by atoms with Gasteiger partial charge in [-0.05, 0) is 44.9 Å². The SMILES string of the molecule is CC(C)=CCN1CCC(NC(=O)c2cccc(NC(=O)CSc3nncn3C)c2)CC1. The normalized spacial score (nSPS) is 14.8. The van der Waals surface area contributed by atoms with Gasteiger partial charge in [0.15, 0.2) is 5.16 Å². The van der Waals surface area contributed by atoms with E-state index in [9.17, 15) is 9.59 Å². The maximum absolute atomic E-state index is 12.7. The van der Waals surface area contributed by atoms with E-state index in [2.05, 4.69) is 45.7 Å². The summed E-state index contributed by atoms with van der Waals surface area (Å²) in [5.41, 5.74) is 2.48. The number of thioether (sulfide) groups is 1. The zero-order valence-electron chi connectivity index (χ0n) is 18.3. The largest absolute Gasteiger partial charge is 0.349 e. The Labute approximate surface area is 187 Å². The van der Waals surface area contributed by atoms with Crippen molar-refractivity contribution in [2.45, 2.75) is 37.9 Å². The predicted octanol–water partition coefficient (Wildman–Crippen LogP) is 2.71. The van der Waals surface area contributed by atoms with Crippen molar-refractivity contribution < 1.29 is 9.59 Å². The topological polar surface area (TPSA) is 92.2 Å². The summed E-state index contributed by atoms with van der Waals surface area (Å²) < 4.78 is 1.76. The van der Waals surface area contributed by atoms with E-state index >= 15 is 0 Å². The molecule has 0 radical (unpaired) electrons. The van der Waals surface area contributed by atoms with Crippen LogP contribution in [-0.4, -0.2) is 62.9 Å². The fourth-order valence-electron chi connectivity index (χ4n) is 3.31. The van der Waals surface area contributed by atoms with Crippen molar-refractivity contribution >= 4 is 29.3 Å². The molecule has 0 bridgehead atoms. The van der Waals surface area contributed by atoms with Crippen molar-refractivity contribution in [3.8, 4) is 0 Å². The summed E-state index contributed by atoms with van der Waals surface area (Å²) in [6, 6.07) is 7.22. The van der Waals surface area contributed by atoms with Crippen LogP contribution in [0.15, 0.2) is 47.4 Å². The van der Waals surface area contributed by atoms with Gasteiger partial charge in [0, 0.05) is 44.0 Å². The first-order chi connectivity index (χ1) is 14.9. The van der Waals surface area contributed by atoms with Crippen LogP contribution in [0.4, 0.5) is 5.69 Å². The number of aryl methyl sites for hydroxylation is 1. The first-order valence-corrected chi connectivity index (χ1v) is 11.4. The van der Waals surface area contributed by atoms with Gasteiger partial charge in [0.1, 0.15) is 6.33 Å². The highest BCUT2D eigenvalue weighted by molar-refractivity contribution is 7.99. The van der Waals surface area contributed by atoms with Gasteiger partial charge in [-0.25, -0.2) is 0 Å². The number of amides is 2. The van der Waals surface area contributed by atoms with Gasteiger partial charge in [-0.3, -0.25) is 14.5 Å². The monoisotopic (exact) mass is 442 g/mol. The minimum absolute atomic E-state index is 0.104. The Morgan fingerprint density at radius 2 is 2.03 bits per heavy atom. The lowest BCUT2D eigenvalue weighted by atomic mass is 10.0. The summed E-state index contributed by atoms with van der Waals surface area (Å²) in [4.78, 5) is 27.3. The van der Waals surface area contributed by atoms with Gasteiger partial charge in [-0.2, -0.15) is 0 Å². The Balaban J connectivity index is 1.47. The molecule has 1 aromatic carbocycles. The molecule has 0 unspecified atom stereocenters.